The van der Waals surface area contributed by atoms with Gasteiger partial charge in [-0.3, -0.25) is 19.2 Å². The lowest BCUT2D eigenvalue weighted by molar-refractivity contribution is -0.157. The minimum Gasteiger partial charge on any atom is -0.481 e. The molecule has 1 fully saturated rings. The van der Waals surface area contributed by atoms with Gasteiger partial charge in [0.25, 0.3) is 5.91 Å². The van der Waals surface area contributed by atoms with E-state index in [0.29, 0.717) is 36.9 Å². The minimum atomic E-state index is -1.20. The molecule has 1 saturated heterocycles. The van der Waals surface area contributed by atoms with Gasteiger partial charge in [0.05, 0.1) is 23.3 Å². The van der Waals surface area contributed by atoms with E-state index in [9.17, 15) is 28.7 Å². The summed E-state index contributed by atoms with van der Waals surface area (Å²) in [6.07, 6.45) is 2.75. The van der Waals surface area contributed by atoms with Crippen LogP contribution in [0.5, 0.6) is 11.5 Å². The van der Waals surface area contributed by atoms with Gasteiger partial charge in [-0.1, -0.05) is 26.0 Å². The summed E-state index contributed by atoms with van der Waals surface area (Å²) in [4.78, 5) is 57.1. The molecule has 1 aliphatic heterocycles. The molecule has 0 unspecified atom stereocenters. The van der Waals surface area contributed by atoms with Gasteiger partial charge < -0.3 is 20.1 Å². The molecule has 0 saturated carbocycles. The molecule has 11 nitrogen and oxygen atoms in total. The normalized spacial score (nSPS) is 17.5. The number of nitrogens with one attached hydrogen (secondary N) is 2. The van der Waals surface area contributed by atoms with Crippen LogP contribution in [0.3, 0.4) is 0 Å². The van der Waals surface area contributed by atoms with E-state index >= 15 is 0 Å². The van der Waals surface area contributed by atoms with Gasteiger partial charge in [-0.2, -0.15) is 5.10 Å². The molecule has 3 aromatic rings. The molecule has 1 aliphatic rings. The Kier molecular flexibility index (Phi) is 9.03. The number of pyridine rings is 1. The van der Waals surface area contributed by atoms with Crippen molar-refractivity contribution in [2.24, 2.45) is 5.41 Å². The number of carbonyl (C=O) groups excluding carboxylic acids is 2. The van der Waals surface area contributed by atoms with Gasteiger partial charge >= 0.3 is 11.5 Å². The molecule has 0 bridgehead atoms. The lowest BCUT2D eigenvalue weighted by atomic mass is 9.74. The van der Waals surface area contributed by atoms with Gasteiger partial charge in [0, 0.05) is 12.1 Å². The molecule has 42 heavy (non-hydrogen) atoms. The van der Waals surface area contributed by atoms with Crippen molar-refractivity contribution >= 4 is 17.8 Å². The third-order valence-corrected chi connectivity index (χ3v) is 8.01. The minimum absolute atomic E-state index is 0.00321. The zero-order valence-electron chi connectivity index (χ0n) is 23.9. The van der Waals surface area contributed by atoms with Crippen molar-refractivity contribution in [1.82, 2.24) is 25.4 Å². The second-order valence-electron chi connectivity index (χ2n) is 10.5. The van der Waals surface area contributed by atoms with E-state index in [4.69, 9.17) is 4.74 Å². The highest BCUT2D eigenvalue weighted by molar-refractivity contribution is 5.96. The number of rotatable bonds is 10. The maximum atomic E-state index is 14.2. The molecule has 0 radical (unpaired) electrons. The van der Waals surface area contributed by atoms with Gasteiger partial charge in [0.1, 0.15) is 23.3 Å². The number of likely N-dealkylation sites (tertiary alicyclic amines) is 1. The first-order valence-corrected chi connectivity index (χ1v) is 13.8. The third-order valence-electron chi connectivity index (χ3n) is 8.01. The molecular formula is C30H34FN5O6. The Morgan fingerprint density at radius 2 is 1.93 bits per heavy atom. The van der Waals surface area contributed by atoms with E-state index in [1.165, 1.54) is 48.4 Å². The number of benzene rings is 1. The summed E-state index contributed by atoms with van der Waals surface area (Å²) in [6, 6.07) is 8.01. The quantitative estimate of drug-likeness (QED) is 0.324. The van der Waals surface area contributed by atoms with Crippen LogP contribution in [0.4, 0.5) is 4.39 Å². The number of aromatic nitrogens is 3. The topological polar surface area (TPSA) is 155 Å². The van der Waals surface area contributed by atoms with Crippen LogP contribution in [-0.2, 0) is 9.59 Å². The van der Waals surface area contributed by atoms with E-state index in [-0.39, 0.29) is 17.2 Å². The maximum absolute atomic E-state index is 14.2. The fourth-order valence-corrected chi connectivity index (χ4v) is 5.68. The standard InChI is InChI=1S/C30H34FN5O6/c1-5-30(6-2,29(40)41)25-13-12-23(19-8-7-9-20(31)15-19)36(25)28(39)18(4)33-26(37)22-11-10-21(16-32-22)42-24-14-17(3)34-35-27(24)38/h7-11,14-16,18,23,25H,5-6,12-13H2,1-4H3,(H,33,37)(H,35,38)(H,40,41)/t18-,23+,25-/m1/s1. The van der Waals surface area contributed by atoms with E-state index in [1.807, 2.05) is 0 Å². The van der Waals surface area contributed by atoms with Gasteiger partial charge in [0.2, 0.25) is 5.91 Å². The SMILES string of the molecule is CCC(CC)(C(=O)O)[C@H]1CC[C@@H](c2cccc(F)c2)N1C(=O)[C@@H](C)NC(=O)c1ccc(Oc2cc(C)n[nH]c2=O)cn1. The van der Waals surface area contributed by atoms with Crippen LogP contribution in [0.15, 0.2) is 53.5 Å². The van der Waals surface area contributed by atoms with Crippen molar-refractivity contribution in [2.45, 2.75) is 71.5 Å². The predicted molar refractivity (Wildman–Crippen MR) is 150 cm³/mol. The molecule has 2 amide bonds. The van der Waals surface area contributed by atoms with Crippen LogP contribution in [0.25, 0.3) is 0 Å². The fourth-order valence-electron chi connectivity index (χ4n) is 5.68. The van der Waals surface area contributed by atoms with Gasteiger partial charge in [0.15, 0.2) is 5.75 Å². The summed E-state index contributed by atoms with van der Waals surface area (Å²) in [5.74, 6) is -2.32. The highest BCUT2D eigenvalue weighted by Crippen LogP contribution is 2.47. The zero-order chi connectivity index (χ0) is 30.6. The summed E-state index contributed by atoms with van der Waals surface area (Å²) in [5.41, 5.74) is -0.608. The number of ether oxygens (including phenoxy) is 1. The molecule has 3 N–H and O–H groups in total. The number of carboxylic acids is 1. The average molecular weight is 580 g/mol. The third kappa shape index (κ3) is 6.02. The van der Waals surface area contributed by atoms with E-state index < -0.39 is 52.7 Å². The van der Waals surface area contributed by atoms with Gasteiger partial charge in [-0.25, -0.2) is 14.5 Å². The van der Waals surface area contributed by atoms with Crippen molar-refractivity contribution in [3.63, 3.8) is 0 Å². The monoisotopic (exact) mass is 579 g/mol. The Labute approximate surface area is 242 Å². The van der Waals surface area contributed by atoms with Gasteiger partial charge in [-0.15, -0.1) is 0 Å². The maximum Gasteiger partial charge on any atom is 0.311 e. The van der Waals surface area contributed by atoms with E-state index in [2.05, 4.69) is 20.5 Å². The zero-order valence-corrected chi connectivity index (χ0v) is 23.9. The molecule has 0 spiro atoms. The van der Waals surface area contributed by atoms with Crippen LogP contribution in [0, 0.1) is 18.2 Å². The number of amides is 2. The number of aryl methyl sites for hydroxylation is 1. The number of hydrogen-bond donors (Lipinski definition) is 3. The van der Waals surface area contributed by atoms with Gasteiger partial charge in [-0.05, 0) is 69.4 Å². The number of H-pyrrole nitrogens is 1. The lowest BCUT2D eigenvalue weighted by Crippen LogP contribution is -2.55. The Balaban J connectivity index is 1.55. The summed E-state index contributed by atoms with van der Waals surface area (Å²) >= 11 is 0. The number of carboxylic acid groups (broad SMARTS) is 1. The molecule has 3 atom stereocenters. The molecule has 3 heterocycles. The molecule has 4 rings (SSSR count). The van der Waals surface area contributed by atoms with Crippen LogP contribution in [0.2, 0.25) is 0 Å². The molecule has 12 heteroatoms. The summed E-state index contributed by atoms with van der Waals surface area (Å²) in [6.45, 7) is 6.78. The molecule has 0 aliphatic carbocycles. The van der Waals surface area contributed by atoms with Crippen molar-refractivity contribution in [2.75, 3.05) is 0 Å². The second-order valence-corrected chi connectivity index (χ2v) is 10.5. The summed E-state index contributed by atoms with van der Waals surface area (Å²) < 4.78 is 19.7. The Bertz CT molecular complexity index is 1520. The van der Waals surface area contributed by atoms with Crippen LogP contribution < -0.4 is 15.6 Å². The van der Waals surface area contributed by atoms with Crippen molar-refractivity contribution in [3.8, 4) is 11.5 Å². The molecule has 1 aromatic carbocycles. The van der Waals surface area contributed by atoms with Crippen LogP contribution in [0.1, 0.15) is 74.2 Å². The first-order chi connectivity index (χ1) is 20.0. The van der Waals surface area contributed by atoms with Crippen LogP contribution in [-0.4, -0.2) is 55.1 Å². The average Bonchev–Trinajstić information content (AvgIpc) is 3.41. The molecular weight excluding hydrogens is 545 g/mol. The number of carbonyl (C=O) groups is 3. The smallest absolute Gasteiger partial charge is 0.311 e. The first-order valence-electron chi connectivity index (χ1n) is 13.8. The van der Waals surface area contributed by atoms with E-state index in [0.717, 1.165) is 0 Å². The number of aromatic amines is 1. The Morgan fingerprint density at radius 1 is 1.19 bits per heavy atom. The fraction of sp³-hybridized carbons (Fsp3) is 0.400. The first kappa shape index (κ1) is 30.4. The lowest BCUT2D eigenvalue weighted by Gasteiger charge is -2.42. The highest BCUT2D eigenvalue weighted by atomic mass is 19.1. The van der Waals surface area contributed by atoms with Crippen molar-refractivity contribution in [3.05, 3.63) is 81.8 Å². The molecule has 2 aromatic heterocycles. The van der Waals surface area contributed by atoms with Crippen LogP contribution >= 0.6 is 0 Å². The number of hydrogen-bond acceptors (Lipinski definition) is 7. The number of aliphatic carboxylic acids is 1. The second kappa shape index (κ2) is 12.5. The molecule has 222 valence electrons. The summed E-state index contributed by atoms with van der Waals surface area (Å²) in [7, 11) is 0. The Hall–Kier alpha value is -4.61. The number of nitrogens with zero attached hydrogens (tertiary/aromatic N) is 3. The Morgan fingerprint density at radius 3 is 2.55 bits per heavy atom. The summed E-state index contributed by atoms with van der Waals surface area (Å²) in [5, 5.41) is 19.0. The predicted octanol–water partition coefficient (Wildman–Crippen LogP) is 4.15. The van der Waals surface area contributed by atoms with E-state index in [1.54, 1.807) is 32.9 Å². The highest BCUT2D eigenvalue weighted by Gasteiger charge is 2.52. The number of halogens is 1. The van der Waals surface area contributed by atoms with Crippen molar-refractivity contribution in [1.29, 1.82) is 0 Å². The van der Waals surface area contributed by atoms with Crippen molar-refractivity contribution < 1.29 is 28.6 Å². The largest absolute Gasteiger partial charge is 0.481 e.